The standard InChI is InChI=1S/C15H16BrF2NO2/c1-15(2,3)21-14(20)19-7-9(8-19)6-10-4-5-11(16)13(18)12(10)17/h4-6H,7-8H2,1-3H3. The first-order valence-electron chi connectivity index (χ1n) is 6.48. The third-order valence-corrected chi connectivity index (χ3v) is 3.48. The largest absolute Gasteiger partial charge is 0.444 e. The Kier molecular flexibility index (Phi) is 4.37. The van der Waals surface area contributed by atoms with Crippen LogP contribution in [-0.4, -0.2) is 29.7 Å². The predicted octanol–water partition coefficient (Wildman–Crippen LogP) is 4.36. The summed E-state index contributed by atoms with van der Waals surface area (Å²) in [5.41, 5.74) is 0.480. The Hall–Kier alpha value is -1.43. The van der Waals surface area contributed by atoms with E-state index in [1.807, 2.05) is 0 Å². The van der Waals surface area contributed by atoms with Crippen LogP contribution in [0.2, 0.25) is 0 Å². The molecule has 3 nitrogen and oxygen atoms in total. The van der Waals surface area contributed by atoms with E-state index in [1.165, 1.54) is 17.0 Å². The number of rotatable bonds is 1. The third kappa shape index (κ3) is 3.81. The molecule has 0 spiro atoms. The molecule has 1 saturated heterocycles. The summed E-state index contributed by atoms with van der Waals surface area (Å²) in [4.78, 5) is 13.2. The number of carbonyl (C=O) groups excluding carboxylic acids is 1. The molecule has 0 bridgehead atoms. The Bertz CT molecular complexity index is 600. The average Bonchev–Trinajstić information content (AvgIpc) is 2.30. The van der Waals surface area contributed by atoms with Crippen molar-refractivity contribution in [3.8, 4) is 0 Å². The third-order valence-electron chi connectivity index (χ3n) is 2.86. The molecular weight excluding hydrogens is 344 g/mol. The number of likely N-dealkylation sites (tertiary alicyclic amines) is 1. The molecule has 1 fully saturated rings. The Labute approximate surface area is 130 Å². The first kappa shape index (κ1) is 15.9. The summed E-state index contributed by atoms with van der Waals surface area (Å²) in [5.74, 6) is -1.81. The molecule has 0 unspecified atom stereocenters. The second-order valence-electron chi connectivity index (χ2n) is 5.90. The summed E-state index contributed by atoms with van der Waals surface area (Å²) in [5, 5.41) is 0. The summed E-state index contributed by atoms with van der Waals surface area (Å²) < 4.78 is 32.4. The second kappa shape index (κ2) is 5.75. The molecule has 6 heteroatoms. The van der Waals surface area contributed by atoms with E-state index in [2.05, 4.69) is 15.9 Å². The molecule has 0 atom stereocenters. The van der Waals surface area contributed by atoms with Gasteiger partial charge in [0.2, 0.25) is 0 Å². The van der Waals surface area contributed by atoms with Crippen molar-refractivity contribution in [3.05, 3.63) is 39.4 Å². The van der Waals surface area contributed by atoms with Gasteiger partial charge in [0.15, 0.2) is 11.6 Å². The average molecular weight is 360 g/mol. The lowest BCUT2D eigenvalue weighted by Crippen LogP contribution is -2.46. The SMILES string of the molecule is CC(C)(C)OC(=O)N1CC(=Cc2ccc(Br)c(F)c2F)C1. The molecule has 114 valence electrons. The zero-order valence-electron chi connectivity index (χ0n) is 12.0. The Morgan fingerprint density at radius 3 is 2.48 bits per heavy atom. The van der Waals surface area contributed by atoms with Gasteiger partial charge in [0.25, 0.3) is 0 Å². The zero-order valence-corrected chi connectivity index (χ0v) is 13.6. The van der Waals surface area contributed by atoms with E-state index in [9.17, 15) is 13.6 Å². The van der Waals surface area contributed by atoms with Crippen LogP contribution < -0.4 is 0 Å². The van der Waals surface area contributed by atoms with E-state index in [0.717, 1.165) is 5.57 Å². The molecule has 2 rings (SSSR count). The number of hydrogen-bond acceptors (Lipinski definition) is 2. The summed E-state index contributed by atoms with van der Waals surface area (Å²) >= 11 is 2.93. The predicted molar refractivity (Wildman–Crippen MR) is 79.8 cm³/mol. The molecule has 1 aliphatic heterocycles. The van der Waals surface area contributed by atoms with Gasteiger partial charge in [-0.05, 0) is 54.4 Å². The van der Waals surface area contributed by atoms with Crippen molar-refractivity contribution in [2.24, 2.45) is 0 Å². The normalized spacial score (nSPS) is 14.8. The van der Waals surface area contributed by atoms with Crippen LogP contribution in [0.5, 0.6) is 0 Å². The molecule has 0 N–H and O–H groups in total. The number of carbonyl (C=O) groups is 1. The van der Waals surface area contributed by atoms with Gasteiger partial charge in [0.05, 0.1) is 4.47 Å². The molecule has 0 saturated carbocycles. The van der Waals surface area contributed by atoms with Crippen LogP contribution in [0.4, 0.5) is 13.6 Å². The molecule has 21 heavy (non-hydrogen) atoms. The quantitative estimate of drug-likeness (QED) is 0.697. The fourth-order valence-electron chi connectivity index (χ4n) is 1.86. The van der Waals surface area contributed by atoms with Crippen molar-refractivity contribution < 1.29 is 18.3 Å². The van der Waals surface area contributed by atoms with Gasteiger partial charge >= 0.3 is 6.09 Å². The highest BCUT2D eigenvalue weighted by molar-refractivity contribution is 9.10. The Balaban J connectivity index is 2.02. The number of benzene rings is 1. The molecule has 1 amide bonds. The van der Waals surface area contributed by atoms with Gasteiger partial charge in [-0.2, -0.15) is 0 Å². The van der Waals surface area contributed by atoms with Crippen molar-refractivity contribution in [1.29, 1.82) is 0 Å². The molecule has 1 heterocycles. The maximum absolute atomic E-state index is 13.7. The van der Waals surface area contributed by atoms with E-state index < -0.39 is 23.3 Å². The van der Waals surface area contributed by atoms with Gasteiger partial charge < -0.3 is 9.64 Å². The van der Waals surface area contributed by atoms with E-state index in [4.69, 9.17) is 4.74 Å². The van der Waals surface area contributed by atoms with Crippen LogP contribution >= 0.6 is 15.9 Å². The van der Waals surface area contributed by atoms with Gasteiger partial charge in [0.1, 0.15) is 5.60 Å². The smallest absolute Gasteiger partial charge is 0.410 e. The molecule has 1 aromatic carbocycles. The molecule has 0 aliphatic carbocycles. The number of hydrogen-bond donors (Lipinski definition) is 0. The molecule has 1 aromatic rings. The second-order valence-corrected chi connectivity index (χ2v) is 6.76. The van der Waals surface area contributed by atoms with Gasteiger partial charge in [-0.1, -0.05) is 6.07 Å². The first-order valence-corrected chi connectivity index (χ1v) is 7.27. The summed E-state index contributed by atoms with van der Waals surface area (Å²) in [7, 11) is 0. The highest BCUT2D eigenvalue weighted by atomic mass is 79.9. The minimum atomic E-state index is -0.910. The minimum Gasteiger partial charge on any atom is -0.444 e. The fourth-order valence-corrected chi connectivity index (χ4v) is 2.17. The first-order chi connectivity index (χ1) is 9.67. The van der Waals surface area contributed by atoms with Crippen molar-refractivity contribution >= 4 is 28.1 Å². The minimum absolute atomic E-state index is 0.0890. The maximum atomic E-state index is 13.7. The fraction of sp³-hybridized carbons (Fsp3) is 0.400. The van der Waals surface area contributed by atoms with Crippen molar-refractivity contribution in [3.63, 3.8) is 0 Å². The number of nitrogens with zero attached hydrogens (tertiary/aromatic N) is 1. The summed E-state index contributed by atoms with van der Waals surface area (Å²) in [6.45, 7) is 6.11. The van der Waals surface area contributed by atoms with Crippen LogP contribution in [0.1, 0.15) is 26.3 Å². The summed E-state index contributed by atoms with van der Waals surface area (Å²) in [6.07, 6.45) is 1.16. The van der Waals surface area contributed by atoms with E-state index in [0.29, 0.717) is 13.1 Å². The highest BCUT2D eigenvalue weighted by Crippen LogP contribution is 2.25. The molecular formula is C15H16BrF2NO2. The maximum Gasteiger partial charge on any atom is 0.410 e. The van der Waals surface area contributed by atoms with Crippen LogP contribution in [0, 0.1) is 11.6 Å². The van der Waals surface area contributed by atoms with Gasteiger partial charge in [-0.3, -0.25) is 0 Å². The zero-order chi connectivity index (χ0) is 15.8. The topological polar surface area (TPSA) is 29.5 Å². The number of halogens is 3. The summed E-state index contributed by atoms with van der Waals surface area (Å²) in [6, 6.07) is 2.95. The van der Waals surface area contributed by atoms with Gasteiger partial charge in [-0.15, -0.1) is 0 Å². The van der Waals surface area contributed by atoms with Crippen LogP contribution in [0.15, 0.2) is 22.2 Å². The van der Waals surface area contributed by atoms with Gasteiger partial charge in [0, 0.05) is 18.7 Å². The number of amides is 1. The van der Waals surface area contributed by atoms with Crippen LogP contribution in [0.25, 0.3) is 6.08 Å². The number of ether oxygens (including phenoxy) is 1. The molecule has 0 aromatic heterocycles. The van der Waals surface area contributed by atoms with Crippen LogP contribution in [0.3, 0.4) is 0 Å². The highest BCUT2D eigenvalue weighted by Gasteiger charge is 2.29. The van der Waals surface area contributed by atoms with Gasteiger partial charge in [-0.25, -0.2) is 13.6 Å². The van der Waals surface area contributed by atoms with Crippen molar-refractivity contribution in [2.45, 2.75) is 26.4 Å². The van der Waals surface area contributed by atoms with Crippen molar-refractivity contribution in [1.82, 2.24) is 4.90 Å². The Morgan fingerprint density at radius 1 is 1.29 bits per heavy atom. The molecule has 1 aliphatic rings. The van der Waals surface area contributed by atoms with E-state index in [1.54, 1.807) is 26.8 Å². The van der Waals surface area contributed by atoms with E-state index >= 15 is 0 Å². The molecule has 0 radical (unpaired) electrons. The lowest BCUT2D eigenvalue weighted by molar-refractivity contribution is 0.0216. The lowest BCUT2D eigenvalue weighted by atomic mass is 10.0. The van der Waals surface area contributed by atoms with Crippen LogP contribution in [-0.2, 0) is 4.74 Å². The lowest BCUT2D eigenvalue weighted by Gasteiger charge is -2.35. The Morgan fingerprint density at radius 2 is 1.90 bits per heavy atom. The monoisotopic (exact) mass is 359 g/mol. The van der Waals surface area contributed by atoms with E-state index in [-0.39, 0.29) is 10.0 Å². The van der Waals surface area contributed by atoms with Crippen molar-refractivity contribution in [2.75, 3.05) is 13.1 Å².